The number of nitrogens with zero attached hydrogens (tertiary/aromatic N) is 2. The molecule has 0 bridgehead atoms. The van der Waals surface area contributed by atoms with Gasteiger partial charge in [-0.25, -0.2) is 0 Å². The Kier molecular flexibility index (Phi) is 2.61. The lowest BCUT2D eigenvalue weighted by Crippen LogP contribution is -2.50. The molecule has 0 aromatic carbocycles. The molecule has 0 unspecified atom stereocenters. The predicted octanol–water partition coefficient (Wildman–Crippen LogP) is 1.57. The Labute approximate surface area is 81.9 Å². The molecule has 0 radical (unpaired) electrons. The molecule has 1 saturated carbocycles. The summed E-state index contributed by atoms with van der Waals surface area (Å²) in [4.78, 5) is 5.29. The Morgan fingerprint density at radius 3 is 2.15 bits per heavy atom. The fourth-order valence-corrected chi connectivity index (χ4v) is 2.32. The Hall–Kier alpha value is -0.0800. The highest BCUT2D eigenvalue weighted by atomic mass is 15.3. The van der Waals surface area contributed by atoms with Gasteiger partial charge in [-0.05, 0) is 32.7 Å². The summed E-state index contributed by atoms with van der Waals surface area (Å²) in [6.45, 7) is 11.2. The van der Waals surface area contributed by atoms with E-state index in [1.165, 1.54) is 52.0 Å². The second-order valence-electron chi connectivity index (χ2n) is 4.83. The number of rotatable bonds is 3. The molecule has 2 aliphatic rings. The molecule has 1 aliphatic carbocycles. The van der Waals surface area contributed by atoms with Crippen LogP contribution in [0.3, 0.4) is 0 Å². The first-order chi connectivity index (χ1) is 6.24. The normalized spacial score (nSPS) is 29.1. The summed E-state index contributed by atoms with van der Waals surface area (Å²) < 4.78 is 0. The van der Waals surface area contributed by atoms with Crippen molar-refractivity contribution in [3.63, 3.8) is 0 Å². The van der Waals surface area contributed by atoms with Gasteiger partial charge in [0.25, 0.3) is 0 Å². The first-order valence-electron chi connectivity index (χ1n) is 5.72. The van der Waals surface area contributed by atoms with Crippen LogP contribution in [0.15, 0.2) is 0 Å². The maximum atomic E-state index is 2.69. The predicted molar refractivity (Wildman–Crippen MR) is 55.9 cm³/mol. The average molecular weight is 182 g/mol. The van der Waals surface area contributed by atoms with Gasteiger partial charge in [0.2, 0.25) is 0 Å². The molecular weight excluding hydrogens is 160 g/mol. The van der Waals surface area contributed by atoms with Gasteiger partial charge < -0.3 is 4.90 Å². The third-order valence-electron chi connectivity index (χ3n) is 3.65. The molecule has 0 N–H and O–H groups in total. The third kappa shape index (κ3) is 2.05. The summed E-state index contributed by atoms with van der Waals surface area (Å²) in [5.74, 6) is 0. The van der Waals surface area contributed by atoms with Crippen LogP contribution in [0.1, 0.15) is 33.1 Å². The summed E-state index contributed by atoms with van der Waals surface area (Å²) in [7, 11) is 0. The van der Waals surface area contributed by atoms with E-state index in [0.717, 1.165) is 0 Å². The van der Waals surface area contributed by atoms with E-state index in [1.54, 1.807) is 0 Å². The van der Waals surface area contributed by atoms with Crippen LogP contribution in [-0.2, 0) is 0 Å². The monoisotopic (exact) mass is 182 g/mol. The molecule has 2 fully saturated rings. The molecule has 1 heterocycles. The molecule has 1 saturated heterocycles. The number of hydrogen-bond acceptors (Lipinski definition) is 2. The molecule has 0 atom stereocenters. The smallest absolute Gasteiger partial charge is 0.0183 e. The molecular formula is C11H22N2. The topological polar surface area (TPSA) is 6.48 Å². The van der Waals surface area contributed by atoms with Gasteiger partial charge in [-0.15, -0.1) is 0 Å². The largest absolute Gasteiger partial charge is 0.301 e. The van der Waals surface area contributed by atoms with Crippen LogP contribution in [-0.4, -0.2) is 48.1 Å². The third-order valence-corrected chi connectivity index (χ3v) is 3.65. The Morgan fingerprint density at radius 1 is 1.08 bits per heavy atom. The van der Waals surface area contributed by atoms with Crippen LogP contribution in [0, 0.1) is 0 Å². The van der Waals surface area contributed by atoms with Crippen LogP contribution in [0.25, 0.3) is 0 Å². The summed E-state index contributed by atoms with van der Waals surface area (Å²) in [6.07, 6.45) is 4.17. The van der Waals surface area contributed by atoms with Crippen molar-refractivity contribution in [2.45, 2.75) is 38.6 Å². The van der Waals surface area contributed by atoms with Gasteiger partial charge in [0.15, 0.2) is 0 Å². The minimum Gasteiger partial charge on any atom is -0.301 e. The number of piperazine rings is 1. The zero-order chi connectivity index (χ0) is 9.31. The van der Waals surface area contributed by atoms with Crippen LogP contribution in [0.2, 0.25) is 0 Å². The molecule has 2 heteroatoms. The van der Waals surface area contributed by atoms with Gasteiger partial charge in [-0.3, -0.25) is 4.90 Å². The second-order valence-corrected chi connectivity index (χ2v) is 4.83. The SMILES string of the molecule is CCCN1CCN(C2(C)CC2)CC1. The van der Waals surface area contributed by atoms with Crippen molar-refractivity contribution in [3.05, 3.63) is 0 Å². The van der Waals surface area contributed by atoms with Gasteiger partial charge in [0, 0.05) is 31.7 Å². The first-order valence-corrected chi connectivity index (χ1v) is 5.72. The molecule has 76 valence electrons. The molecule has 0 spiro atoms. The van der Waals surface area contributed by atoms with E-state index >= 15 is 0 Å². The van der Waals surface area contributed by atoms with Crippen molar-refractivity contribution in [1.82, 2.24) is 9.80 Å². The van der Waals surface area contributed by atoms with Crippen molar-refractivity contribution in [3.8, 4) is 0 Å². The van der Waals surface area contributed by atoms with Crippen molar-refractivity contribution in [1.29, 1.82) is 0 Å². The maximum absolute atomic E-state index is 2.69. The van der Waals surface area contributed by atoms with Crippen molar-refractivity contribution >= 4 is 0 Å². The highest BCUT2D eigenvalue weighted by Crippen LogP contribution is 2.41. The average Bonchev–Trinajstić information content (AvgIpc) is 2.87. The van der Waals surface area contributed by atoms with E-state index < -0.39 is 0 Å². The molecule has 2 nitrogen and oxygen atoms in total. The highest BCUT2D eigenvalue weighted by molar-refractivity contribution is 5.00. The summed E-state index contributed by atoms with van der Waals surface area (Å²) in [5, 5.41) is 0. The Bertz CT molecular complexity index is 167. The minimum absolute atomic E-state index is 0.609. The second kappa shape index (κ2) is 3.58. The summed E-state index contributed by atoms with van der Waals surface area (Å²) in [5.41, 5.74) is 0.609. The number of hydrogen-bond donors (Lipinski definition) is 0. The van der Waals surface area contributed by atoms with Crippen molar-refractivity contribution in [2.75, 3.05) is 32.7 Å². The first kappa shape index (κ1) is 9.47. The van der Waals surface area contributed by atoms with E-state index in [9.17, 15) is 0 Å². The maximum Gasteiger partial charge on any atom is 0.0183 e. The molecule has 0 aromatic heterocycles. The Balaban J connectivity index is 1.76. The van der Waals surface area contributed by atoms with Crippen LogP contribution in [0.5, 0.6) is 0 Å². The molecule has 13 heavy (non-hydrogen) atoms. The van der Waals surface area contributed by atoms with Crippen LogP contribution in [0.4, 0.5) is 0 Å². The molecule has 1 aliphatic heterocycles. The van der Waals surface area contributed by atoms with Crippen molar-refractivity contribution < 1.29 is 0 Å². The van der Waals surface area contributed by atoms with Crippen molar-refractivity contribution in [2.24, 2.45) is 0 Å². The van der Waals surface area contributed by atoms with E-state index in [2.05, 4.69) is 23.6 Å². The quantitative estimate of drug-likeness (QED) is 0.653. The lowest BCUT2D eigenvalue weighted by atomic mass is 10.2. The van der Waals surface area contributed by atoms with Gasteiger partial charge in [-0.2, -0.15) is 0 Å². The van der Waals surface area contributed by atoms with Crippen LogP contribution < -0.4 is 0 Å². The van der Waals surface area contributed by atoms with Gasteiger partial charge in [0.05, 0.1) is 0 Å². The van der Waals surface area contributed by atoms with E-state index in [4.69, 9.17) is 0 Å². The minimum atomic E-state index is 0.609. The highest BCUT2D eigenvalue weighted by Gasteiger charge is 2.43. The fraction of sp³-hybridized carbons (Fsp3) is 1.00. The molecule has 2 rings (SSSR count). The zero-order valence-corrected chi connectivity index (χ0v) is 9.05. The van der Waals surface area contributed by atoms with Crippen LogP contribution >= 0.6 is 0 Å². The van der Waals surface area contributed by atoms with Gasteiger partial charge in [-0.1, -0.05) is 6.92 Å². The lowest BCUT2D eigenvalue weighted by molar-refractivity contribution is 0.0923. The lowest BCUT2D eigenvalue weighted by Gasteiger charge is -2.38. The molecule has 0 aromatic rings. The molecule has 0 amide bonds. The zero-order valence-electron chi connectivity index (χ0n) is 9.05. The van der Waals surface area contributed by atoms with Gasteiger partial charge >= 0.3 is 0 Å². The fourth-order valence-electron chi connectivity index (χ4n) is 2.32. The van der Waals surface area contributed by atoms with Gasteiger partial charge in [0.1, 0.15) is 0 Å². The van der Waals surface area contributed by atoms with E-state index in [0.29, 0.717) is 5.54 Å². The standard InChI is InChI=1S/C11H22N2/c1-3-6-12-7-9-13(10-8-12)11(2)4-5-11/h3-10H2,1-2H3. The van der Waals surface area contributed by atoms with E-state index in [-0.39, 0.29) is 0 Å². The Morgan fingerprint density at radius 2 is 1.69 bits per heavy atom. The van der Waals surface area contributed by atoms with E-state index in [1.807, 2.05) is 0 Å². The summed E-state index contributed by atoms with van der Waals surface area (Å²) in [6, 6.07) is 0. The summed E-state index contributed by atoms with van der Waals surface area (Å²) >= 11 is 0.